The first kappa shape index (κ1) is 19.8. The van der Waals surface area contributed by atoms with Gasteiger partial charge in [0.25, 0.3) is 5.91 Å². The normalized spacial score (nSPS) is 17.2. The monoisotopic (exact) mass is 369 g/mol. The molecule has 0 saturated carbocycles. The Hall–Kier alpha value is -1.48. The third kappa shape index (κ3) is 5.24. The molecule has 0 spiro atoms. The van der Waals surface area contributed by atoms with Gasteiger partial charge in [-0.3, -0.25) is 4.79 Å². The van der Waals surface area contributed by atoms with E-state index < -0.39 is 10.0 Å². The van der Waals surface area contributed by atoms with Crippen LogP contribution in [0.2, 0.25) is 0 Å². The summed E-state index contributed by atoms with van der Waals surface area (Å²) in [6, 6.07) is 6.03. The van der Waals surface area contributed by atoms with Crippen molar-refractivity contribution in [1.29, 1.82) is 0 Å². The second kappa shape index (κ2) is 9.28. The van der Waals surface area contributed by atoms with E-state index in [1.54, 1.807) is 12.1 Å². The van der Waals surface area contributed by atoms with Crippen molar-refractivity contribution in [3.8, 4) is 0 Å². The number of nitrogens with zero attached hydrogens (tertiary/aromatic N) is 1. The summed E-state index contributed by atoms with van der Waals surface area (Å²) in [6.45, 7) is 3.85. The maximum absolute atomic E-state index is 12.7. The Balaban J connectivity index is 2.13. The van der Waals surface area contributed by atoms with Gasteiger partial charge in [-0.05, 0) is 24.6 Å². The molecular weight excluding hydrogens is 342 g/mol. The van der Waals surface area contributed by atoms with Crippen LogP contribution in [0, 0.1) is 0 Å². The SMILES string of the molecule is CCCCC(CN)NC(=O)c1cccc(S(=O)(=O)N2CCOCC2)c1. The van der Waals surface area contributed by atoms with Gasteiger partial charge >= 0.3 is 0 Å². The van der Waals surface area contributed by atoms with Crippen molar-refractivity contribution in [2.45, 2.75) is 37.1 Å². The Morgan fingerprint density at radius 1 is 1.36 bits per heavy atom. The van der Waals surface area contributed by atoms with Crippen LogP contribution in [0.15, 0.2) is 29.2 Å². The molecule has 3 N–H and O–H groups in total. The van der Waals surface area contributed by atoms with Crippen LogP contribution in [0.5, 0.6) is 0 Å². The Morgan fingerprint density at radius 2 is 2.08 bits per heavy atom. The minimum atomic E-state index is -3.62. The maximum Gasteiger partial charge on any atom is 0.251 e. The molecular formula is C17H27N3O4S. The third-order valence-corrected chi connectivity index (χ3v) is 6.12. The lowest BCUT2D eigenvalue weighted by Gasteiger charge is -2.26. The minimum absolute atomic E-state index is 0.105. The number of nitrogens with two attached hydrogens (primary N) is 1. The summed E-state index contributed by atoms with van der Waals surface area (Å²) in [4.78, 5) is 12.6. The van der Waals surface area contributed by atoms with Crippen LogP contribution in [0.3, 0.4) is 0 Å². The second-order valence-corrected chi connectivity index (χ2v) is 8.03. The van der Waals surface area contributed by atoms with Crippen LogP contribution in [0.4, 0.5) is 0 Å². The topological polar surface area (TPSA) is 102 Å². The zero-order valence-electron chi connectivity index (χ0n) is 14.6. The highest BCUT2D eigenvalue weighted by Gasteiger charge is 2.27. The van der Waals surface area contributed by atoms with E-state index in [9.17, 15) is 13.2 Å². The van der Waals surface area contributed by atoms with E-state index in [-0.39, 0.29) is 16.8 Å². The van der Waals surface area contributed by atoms with Gasteiger partial charge in [0.05, 0.1) is 18.1 Å². The zero-order chi connectivity index (χ0) is 18.3. The number of sulfonamides is 1. The Morgan fingerprint density at radius 3 is 2.72 bits per heavy atom. The van der Waals surface area contributed by atoms with E-state index in [1.807, 2.05) is 0 Å². The lowest BCUT2D eigenvalue weighted by molar-refractivity contribution is 0.0730. The van der Waals surface area contributed by atoms with Gasteiger partial charge in [0.15, 0.2) is 0 Å². The zero-order valence-corrected chi connectivity index (χ0v) is 15.4. The molecule has 1 aliphatic heterocycles. The molecule has 7 nitrogen and oxygen atoms in total. The molecule has 1 aromatic rings. The van der Waals surface area contributed by atoms with Crippen molar-refractivity contribution in [2.24, 2.45) is 5.73 Å². The van der Waals surface area contributed by atoms with Crippen LogP contribution in [0.1, 0.15) is 36.5 Å². The summed E-state index contributed by atoms with van der Waals surface area (Å²) in [5.74, 6) is -0.300. The molecule has 1 amide bonds. The van der Waals surface area contributed by atoms with Crippen molar-refractivity contribution in [3.63, 3.8) is 0 Å². The highest BCUT2D eigenvalue weighted by atomic mass is 32.2. The Labute approximate surface area is 149 Å². The highest BCUT2D eigenvalue weighted by Crippen LogP contribution is 2.18. The maximum atomic E-state index is 12.7. The first-order valence-corrected chi connectivity index (χ1v) is 10.1. The van der Waals surface area contributed by atoms with Gasteiger partial charge in [0.2, 0.25) is 10.0 Å². The van der Waals surface area contributed by atoms with Gasteiger partial charge in [-0.1, -0.05) is 25.8 Å². The van der Waals surface area contributed by atoms with Crippen molar-refractivity contribution in [3.05, 3.63) is 29.8 Å². The number of hydrogen-bond acceptors (Lipinski definition) is 5. The van der Waals surface area contributed by atoms with Crippen LogP contribution in [0.25, 0.3) is 0 Å². The number of hydrogen-bond donors (Lipinski definition) is 2. The van der Waals surface area contributed by atoms with E-state index in [0.717, 1.165) is 19.3 Å². The molecule has 0 aliphatic carbocycles. The smallest absolute Gasteiger partial charge is 0.251 e. The van der Waals surface area contributed by atoms with Gasteiger partial charge in [0.1, 0.15) is 0 Å². The fourth-order valence-corrected chi connectivity index (χ4v) is 4.16. The minimum Gasteiger partial charge on any atom is -0.379 e. The standard InChI is InChI=1S/C17H27N3O4S/c1-2-3-6-15(13-18)19-17(21)14-5-4-7-16(12-14)25(22,23)20-8-10-24-11-9-20/h4-5,7,12,15H,2-3,6,8-11,13,18H2,1H3,(H,19,21). The Kier molecular flexibility index (Phi) is 7.37. The molecule has 25 heavy (non-hydrogen) atoms. The quantitative estimate of drug-likeness (QED) is 0.710. The molecule has 0 aromatic heterocycles. The lowest BCUT2D eigenvalue weighted by atomic mass is 10.1. The van der Waals surface area contributed by atoms with E-state index in [4.69, 9.17) is 10.5 Å². The van der Waals surface area contributed by atoms with E-state index in [2.05, 4.69) is 12.2 Å². The fraction of sp³-hybridized carbons (Fsp3) is 0.588. The molecule has 0 radical (unpaired) electrons. The number of ether oxygens (including phenoxy) is 1. The van der Waals surface area contributed by atoms with E-state index >= 15 is 0 Å². The predicted octanol–water partition coefficient (Wildman–Crippen LogP) is 0.955. The number of benzene rings is 1. The van der Waals surface area contributed by atoms with E-state index in [1.165, 1.54) is 16.4 Å². The van der Waals surface area contributed by atoms with Crippen molar-refractivity contribution < 1.29 is 17.9 Å². The fourth-order valence-electron chi connectivity index (χ4n) is 2.70. The molecule has 1 saturated heterocycles. The summed E-state index contributed by atoms with van der Waals surface area (Å²) < 4.78 is 32.0. The van der Waals surface area contributed by atoms with Crippen LogP contribution in [-0.4, -0.2) is 57.5 Å². The van der Waals surface area contributed by atoms with Gasteiger partial charge in [-0.15, -0.1) is 0 Å². The molecule has 1 aromatic carbocycles. The number of amides is 1. The van der Waals surface area contributed by atoms with Crippen LogP contribution < -0.4 is 11.1 Å². The highest BCUT2D eigenvalue weighted by molar-refractivity contribution is 7.89. The molecule has 1 unspecified atom stereocenters. The summed E-state index contributed by atoms with van der Waals surface area (Å²) in [5, 5.41) is 2.88. The predicted molar refractivity (Wildman–Crippen MR) is 95.9 cm³/mol. The average Bonchev–Trinajstić information content (AvgIpc) is 2.65. The first-order chi connectivity index (χ1) is 12.0. The molecule has 2 rings (SSSR count). The molecule has 1 fully saturated rings. The number of rotatable bonds is 8. The second-order valence-electron chi connectivity index (χ2n) is 6.09. The van der Waals surface area contributed by atoms with Crippen LogP contribution >= 0.6 is 0 Å². The molecule has 1 heterocycles. The third-order valence-electron chi connectivity index (χ3n) is 4.23. The molecule has 1 aliphatic rings. The largest absolute Gasteiger partial charge is 0.379 e. The number of unbranched alkanes of at least 4 members (excludes halogenated alkanes) is 1. The van der Waals surface area contributed by atoms with Crippen LogP contribution in [-0.2, 0) is 14.8 Å². The Bertz CT molecular complexity index is 672. The summed E-state index contributed by atoms with van der Waals surface area (Å²) in [7, 11) is -3.62. The summed E-state index contributed by atoms with van der Waals surface area (Å²) >= 11 is 0. The number of carbonyl (C=O) groups excluding carboxylic acids is 1. The first-order valence-electron chi connectivity index (χ1n) is 8.68. The average molecular weight is 369 g/mol. The number of carbonyl (C=O) groups is 1. The van der Waals surface area contributed by atoms with Gasteiger partial charge in [-0.25, -0.2) is 8.42 Å². The summed E-state index contributed by atoms with van der Waals surface area (Å²) in [6.07, 6.45) is 2.82. The number of morpholine rings is 1. The lowest BCUT2D eigenvalue weighted by Crippen LogP contribution is -2.41. The van der Waals surface area contributed by atoms with Gasteiger partial charge in [-0.2, -0.15) is 4.31 Å². The van der Waals surface area contributed by atoms with Gasteiger partial charge in [0, 0.05) is 31.2 Å². The van der Waals surface area contributed by atoms with E-state index in [0.29, 0.717) is 38.4 Å². The van der Waals surface area contributed by atoms with Crippen molar-refractivity contribution in [1.82, 2.24) is 9.62 Å². The summed E-state index contributed by atoms with van der Waals surface area (Å²) in [5.41, 5.74) is 6.03. The van der Waals surface area contributed by atoms with Crippen molar-refractivity contribution >= 4 is 15.9 Å². The number of nitrogens with one attached hydrogen (secondary N) is 1. The molecule has 0 bridgehead atoms. The molecule has 1 atom stereocenters. The molecule has 140 valence electrons. The van der Waals surface area contributed by atoms with Gasteiger partial charge < -0.3 is 15.8 Å². The van der Waals surface area contributed by atoms with Crippen molar-refractivity contribution in [2.75, 3.05) is 32.8 Å². The molecule has 8 heteroatoms.